The van der Waals surface area contributed by atoms with E-state index in [1.54, 1.807) is 11.8 Å². The van der Waals surface area contributed by atoms with Gasteiger partial charge in [-0.05, 0) is 41.0 Å². The highest BCUT2D eigenvalue weighted by molar-refractivity contribution is 5.82. The van der Waals surface area contributed by atoms with Crippen LogP contribution >= 0.6 is 0 Å². The number of benzene rings is 2. The summed E-state index contributed by atoms with van der Waals surface area (Å²) in [5, 5.41) is 12.0. The normalized spacial score (nSPS) is 19.1. The van der Waals surface area contributed by atoms with Crippen LogP contribution in [0, 0.1) is 23.7 Å². The molecule has 1 aliphatic heterocycles. The molecule has 7 heteroatoms. The molecule has 1 saturated heterocycles. The molecule has 2 N–H and O–H groups in total. The predicted molar refractivity (Wildman–Crippen MR) is 131 cm³/mol. The second kappa shape index (κ2) is 9.72. The number of carboxylic acid groups (broad SMARTS) is 1. The number of alkyl carbamates (subject to hydrolysis) is 1. The lowest BCUT2D eigenvalue weighted by molar-refractivity contribution is -0.153. The molecular formula is C28H32N2O5. The van der Waals surface area contributed by atoms with Crippen molar-refractivity contribution in [3.8, 4) is 11.1 Å². The first-order chi connectivity index (χ1) is 16.9. The molecule has 2 fully saturated rings. The van der Waals surface area contributed by atoms with E-state index in [0.29, 0.717) is 13.1 Å². The van der Waals surface area contributed by atoms with Crippen molar-refractivity contribution in [2.75, 3.05) is 26.2 Å². The van der Waals surface area contributed by atoms with E-state index in [2.05, 4.69) is 29.6 Å². The molecule has 1 heterocycles. The molecule has 0 spiro atoms. The molecule has 0 aromatic heterocycles. The number of amides is 2. The standard InChI is InChI=1S/C28H32N2O5/c1-17(27(32)33)19-14-30(15-19)26(31)24(18-7-6-8-18)13-29-28(34)35-16-25-22-11-4-2-9-20(22)21-10-3-5-12-23(21)25/h2-5,9-12,17-19,24-25H,6-8,13-16H2,1H3,(H,29,34)(H,32,33). The second-order valence-corrected chi connectivity index (χ2v) is 10.1. The Morgan fingerprint density at radius 2 is 1.60 bits per heavy atom. The van der Waals surface area contributed by atoms with Gasteiger partial charge in [0.15, 0.2) is 0 Å². The molecular weight excluding hydrogens is 444 g/mol. The molecule has 2 atom stereocenters. The smallest absolute Gasteiger partial charge is 0.407 e. The lowest BCUT2D eigenvalue weighted by Crippen LogP contribution is -2.57. The number of likely N-dealkylation sites (tertiary alicyclic amines) is 1. The number of nitrogens with zero attached hydrogens (tertiary/aromatic N) is 1. The summed E-state index contributed by atoms with van der Waals surface area (Å²) in [6, 6.07) is 16.4. The third kappa shape index (κ3) is 4.51. The van der Waals surface area contributed by atoms with Gasteiger partial charge in [-0.3, -0.25) is 9.59 Å². The first-order valence-electron chi connectivity index (χ1n) is 12.5. The number of ether oxygens (including phenoxy) is 1. The Balaban J connectivity index is 1.16. The fourth-order valence-corrected chi connectivity index (χ4v) is 5.59. The van der Waals surface area contributed by atoms with Gasteiger partial charge in [-0.15, -0.1) is 0 Å². The molecule has 184 valence electrons. The highest BCUT2D eigenvalue weighted by atomic mass is 16.5. The van der Waals surface area contributed by atoms with E-state index in [4.69, 9.17) is 4.74 Å². The van der Waals surface area contributed by atoms with Crippen LogP contribution in [-0.2, 0) is 14.3 Å². The molecule has 2 aromatic carbocycles. The van der Waals surface area contributed by atoms with Gasteiger partial charge in [0, 0.05) is 31.5 Å². The van der Waals surface area contributed by atoms with Crippen molar-refractivity contribution in [1.29, 1.82) is 0 Å². The molecule has 0 bridgehead atoms. The summed E-state index contributed by atoms with van der Waals surface area (Å²) in [6.07, 6.45) is 2.54. The largest absolute Gasteiger partial charge is 0.481 e. The molecule has 2 aliphatic carbocycles. The highest BCUT2D eigenvalue weighted by Gasteiger charge is 2.42. The minimum absolute atomic E-state index is 0.00594. The highest BCUT2D eigenvalue weighted by Crippen LogP contribution is 2.44. The first-order valence-corrected chi connectivity index (χ1v) is 12.5. The van der Waals surface area contributed by atoms with Crippen LogP contribution in [-0.4, -0.2) is 54.2 Å². The number of rotatable bonds is 8. The van der Waals surface area contributed by atoms with Crippen LogP contribution in [0.3, 0.4) is 0 Å². The molecule has 2 unspecified atom stereocenters. The van der Waals surface area contributed by atoms with E-state index in [0.717, 1.165) is 30.4 Å². The lowest BCUT2D eigenvalue weighted by atomic mass is 9.74. The Morgan fingerprint density at radius 3 is 2.14 bits per heavy atom. The van der Waals surface area contributed by atoms with Crippen molar-refractivity contribution in [3.05, 3.63) is 59.7 Å². The number of fused-ring (bicyclic) bond motifs is 3. The van der Waals surface area contributed by atoms with Gasteiger partial charge in [0.05, 0.1) is 11.8 Å². The summed E-state index contributed by atoms with van der Waals surface area (Å²) in [6.45, 7) is 3.12. The summed E-state index contributed by atoms with van der Waals surface area (Å²) in [4.78, 5) is 38.7. The maximum Gasteiger partial charge on any atom is 0.407 e. The number of hydrogen-bond acceptors (Lipinski definition) is 4. The third-order valence-corrected chi connectivity index (χ3v) is 8.16. The third-order valence-electron chi connectivity index (χ3n) is 8.16. The van der Waals surface area contributed by atoms with Gasteiger partial charge < -0.3 is 20.1 Å². The van der Waals surface area contributed by atoms with Gasteiger partial charge in [-0.2, -0.15) is 0 Å². The Kier molecular flexibility index (Phi) is 6.50. The van der Waals surface area contributed by atoms with Crippen molar-refractivity contribution in [3.63, 3.8) is 0 Å². The van der Waals surface area contributed by atoms with E-state index in [1.807, 2.05) is 24.3 Å². The van der Waals surface area contributed by atoms with Crippen LogP contribution < -0.4 is 5.32 Å². The number of carbonyl (C=O) groups excluding carboxylic acids is 2. The number of carboxylic acids is 1. The summed E-state index contributed by atoms with van der Waals surface area (Å²) < 4.78 is 5.64. The van der Waals surface area contributed by atoms with Gasteiger partial charge in [-0.1, -0.05) is 61.9 Å². The van der Waals surface area contributed by atoms with Crippen molar-refractivity contribution < 1.29 is 24.2 Å². The predicted octanol–water partition coefficient (Wildman–Crippen LogP) is 4.12. The van der Waals surface area contributed by atoms with Gasteiger partial charge >= 0.3 is 12.1 Å². The molecule has 5 rings (SSSR count). The average Bonchev–Trinajstić information content (AvgIpc) is 3.11. The molecule has 3 aliphatic rings. The van der Waals surface area contributed by atoms with Crippen molar-refractivity contribution in [2.24, 2.45) is 23.7 Å². The maximum absolute atomic E-state index is 13.1. The molecule has 2 amide bonds. The average molecular weight is 477 g/mol. The Bertz CT molecular complexity index is 1080. The summed E-state index contributed by atoms with van der Waals surface area (Å²) in [5.41, 5.74) is 4.68. The molecule has 7 nitrogen and oxygen atoms in total. The summed E-state index contributed by atoms with van der Waals surface area (Å²) >= 11 is 0. The number of hydrogen-bond donors (Lipinski definition) is 2. The van der Waals surface area contributed by atoms with Crippen molar-refractivity contribution >= 4 is 18.0 Å². The van der Waals surface area contributed by atoms with Gasteiger partial charge in [0.2, 0.25) is 5.91 Å². The topological polar surface area (TPSA) is 95.9 Å². The van der Waals surface area contributed by atoms with E-state index >= 15 is 0 Å². The number of carbonyl (C=O) groups is 3. The summed E-state index contributed by atoms with van der Waals surface area (Å²) in [5.74, 6) is -1.31. The number of nitrogens with one attached hydrogen (secondary N) is 1. The zero-order chi connectivity index (χ0) is 24.5. The number of aliphatic carboxylic acids is 1. The Hall–Kier alpha value is -3.35. The van der Waals surface area contributed by atoms with Crippen molar-refractivity contribution in [1.82, 2.24) is 10.2 Å². The van der Waals surface area contributed by atoms with Crippen LogP contribution in [0.5, 0.6) is 0 Å². The molecule has 2 aromatic rings. The Morgan fingerprint density at radius 1 is 1.00 bits per heavy atom. The van der Waals surface area contributed by atoms with E-state index in [-0.39, 0.29) is 42.7 Å². The van der Waals surface area contributed by atoms with Gasteiger partial charge in [0.25, 0.3) is 0 Å². The van der Waals surface area contributed by atoms with Crippen LogP contribution in [0.25, 0.3) is 11.1 Å². The van der Waals surface area contributed by atoms with Crippen molar-refractivity contribution in [2.45, 2.75) is 32.1 Å². The SMILES string of the molecule is CC(C(=O)O)C1CN(C(=O)C(CNC(=O)OCC2c3ccccc3-c3ccccc32)C2CCC2)C1. The Labute approximate surface area is 205 Å². The zero-order valence-electron chi connectivity index (χ0n) is 20.0. The molecule has 0 radical (unpaired) electrons. The lowest BCUT2D eigenvalue weighted by Gasteiger charge is -2.45. The fourth-order valence-electron chi connectivity index (χ4n) is 5.59. The molecule has 35 heavy (non-hydrogen) atoms. The minimum atomic E-state index is -0.824. The van der Waals surface area contributed by atoms with Crippen LogP contribution in [0.15, 0.2) is 48.5 Å². The maximum atomic E-state index is 13.1. The van der Waals surface area contributed by atoms with E-state index in [9.17, 15) is 19.5 Å². The van der Waals surface area contributed by atoms with Crippen LogP contribution in [0.1, 0.15) is 43.2 Å². The van der Waals surface area contributed by atoms with Gasteiger partial charge in [0.1, 0.15) is 6.61 Å². The minimum Gasteiger partial charge on any atom is -0.481 e. The summed E-state index contributed by atoms with van der Waals surface area (Å²) in [7, 11) is 0. The van der Waals surface area contributed by atoms with E-state index in [1.165, 1.54) is 11.1 Å². The first kappa shape index (κ1) is 23.4. The quantitative estimate of drug-likeness (QED) is 0.598. The van der Waals surface area contributed by atoms with Crippen LogP contribution in [0.4, 0.5) is 4.79 Å². The van der Waals surface area contributed by atoms with Crippen LogP contribution in [0.2, 0.25) is 0 Å². The monoisotopic (exact) mass is 476 g/mol. The van der Waals surface area contributed by atoms with Gasteiger partial charge in [-0.25, -0.2) is 4.79 Å². The van der Waals surface area contributed by atoms with E-state index < -0.39 is 18.0 Å². The second-order valence-electron chi connectivity index (χ2n) is 10.1. The molecule has 1 saturated carbocycles. The fraction of sp³-hybridized carbons (Fsp3) is 0.464. The zero-order valence-corrected chi connectivity index (χ0v) is 20.0.